The summed E-state index contributed by atoms with van der Waals surface area (Å²) in [6, 6.07) is 13.7. The Kier molecular flexibility index (Phi) is 6.08. The lowest BCUT2D eigenvalue weighted by Crippen LogP contribution is -2.45. The van der Waals surface area contributed by atoms with Gasteiger partial charge in [0.2, 0.25) is 0 Å². The van der Waals surface area contributed by atoms with E-state index in [0.717, 1.165) is 10.2 Å². The van der Waals surface area contributed by atoms with Crippen molar-refractivity contribution >= 4 is 45.0 Å². The molecule has 0 aliphatic rings. The third kappa shape index (κ3) is 4.64. The van der Waals surface area contributed by atoms with Gasteiger partial charge in [-0.05, 0) is 30.2 Å². The first-order valence-electron chi connectivity index (χ1n) is 8.52. The highest BCUT2D eigenvalue weighted by Crippen LogP contribution is 2.22. The van der Waals surface area contributed by atoms with E-state index in [4.69, 9.17) is 16.3 Å². The molecule has 1 atom stereocenters. The maximum absolute atomic E-state index is 12.5. The molecule has 0 aliphatic carbocycles. The number of hydrogen-bond donors (Lipinski definition) is 1. The number of ether oxygens (including phenoxy) is 1. The standard InChI is InChI=1S/C20H19ClN2O3S/c1-12(2)18(23-19(24)13-7-3-4-8-14(13)21)20(25)26-11-17-22-15-9-5-6-10-16(15)27-17/h3-10,12,18H,11H2,1-2H3,(H,23,24)/t18-/m1/s1. The van der Waals surface area contributed by atoms with Crippen LogP contribution in [0.1, 0.15) is 29.2 Å². The number of para-hydroxylation sites is 1. The summed E-state index contributed by atoms with van der Waals surface area (Å²) >= 11 is 7.54. The molecule has 0 spiro atoms. The van der Waals surface area contributed by atoms with Gasteiger partial charge in [-0.2, -0.15) is 0 Å². The molecule has 2 aromatic carbocycles. The Labute approximate surface area is 166 Å². The first-order chi connectivity index (χ1) is 13.0. The van der Waals surface area contributed by atoms with Crippen LogP contribution in [-0.2, 0) is 16.1 Å². The number of amides is 1. The van der Waals surface area contributed by atoms with Crippen molar-refractivity contribution in [2.45, 2.75) is 26.5 Å². The first kappa shape index (κ1) is 19.3. The normalized spacial score (nSPS) is 12.1. The third-order valence-corrected chi connectivity index (χ3v) is 5.34. The average Bonchev–Trinajstić information content (AvgIpc) is 3.07. The van der Waals surface area contributed by atoms with Crippen molar-refractivity contribution in [3.05, 3.63) is 64.1 Å². The van der Waals surface area contributed by atoms with Gasteiger partial charge >= 0.3 is 5.97 Å². The predicted octanol–water partition coefficient (Wildman–Crippen LogP) is 4.45. The summed E-state index contributed by atoms with van der Waals surface area (Å²) in [5.41, 5.74) is 1.20. The van der Waals surface area contributed by atoms with Crippen molar-refractivity contribution in [3.8, 4) is 0 Å². The molecular weight excluding hydrogens is 384 g/mol. The SMILES string of the molecule is CC(C)[C@@H](NC(=O)c1ccccc1Cl)C(=O)OCc1nc2ccccc2s1. The van der Waals surface area contributed by atoms with Crippen molar-refractivity contribution in [1.82, 2.24) is 10.3 Å². The number of carbonyl (C=O) groups is 2. The molecule has 3 aromatic rings. The number of carbonyl (C=O) groups excluding carboxylic acids is 2. The fraction of sp³-hybridized carbons (Fsp3) is 0.250. The Morgan fingerprint density at radius 3 is 2.56 bits per heavy atom. The summed E-state index contributed by atoms with van der Waals surface area (Å²) in [7, 11) is 0. The number of benzene rings is 2. The zero-order valence-corrected chi connectivity index (χ0v) is 16.5. The minimum Gasteiger partial charge on any atom is -0.457 e. The fourth-order valence-corrected chi connectivity index (χ4v) is 3.67. The largest absolute Gasteiger partial charge is 0.457 e. The van der Waals surface area contributed by atoms with Crippen molar-refractivity contribution in [3.63, 3.8) is 0 Å². The van der Waals surface area contributed by atoms with Crippen LogP contribution in [0, 0.1) is 5.92 Å². The number of nitrogens with one attached hydrogen (secondary N) is 1. The van der Waals surface area contributed by atoms with Crippen LogP contribution < -0.4 is 5.32 Å². The summed E-state index contributed by atoms with van der Waals surface area (Å²) in [5.74, 6) is -1.04. The van der Waals surface area contributed by atoms with Gasteiger partial charge in [0.05, 0.1) is 20.8 Å². The van der Waals surface area contributed by atoms with Gasteiger partial charge in [-0.1, -0.05) is 49.7 Å². The number of halogens is 1. The van der Waals surface area contributed by atoms with Gasteiger partial charge in [-0.3, -0.25) is 4.79 Å². The molecule has 3 rings (SSSR count). The first-order valence-corrected chi connectivity index (χ1v) is 9.71. The molecule has 0 unspecified atom stereocenters. The van der Waals surface area contributed by atoms with E-state index in [1.807, 2.05) is 38.1 Å². The van der Waals surface area contributed by atoms with E-state index in [2.05, 4.69) is 10.3 Å². The molecule has 0 aliphatic heterocycles. The number of thiazole rings is 1. The van der Waals surface area contributed by atoms with Gasteiger partial charge in [0.1, 0.15) is 17.7 Å². The van der Waals surface area contributed by atoms with E-state index in [1.165, 1.54) is 11.3 Å². The van der Waals surface area contributed by atoms with E-state index >= 15 is 0 Å². The van der Waals surface area contributed by atoms with Crippen molar-refractivity contribution in [2.24, 2.45) is 5.92 Å². The van der Waals surface area contributed by atoms with Crippen LogP contribution in [0.3, 0.4) is 0 Å². The van der Waals surface area contributed by atoms with Crippen molar-refractivity contribution in [1.29, 1.82) is 0 Å². The van der Waals surface area contributed by atoms with Crippen LogP contribution in [0.2, 0.25) is 5.02 Å². The van der Waals surface area contributed by atoms with Gasteiger partial charge in [0, 0.05) is 0 Å². The van der Waals surface area contributed by atoms with Crippen LogP contribution in [-0.4, -0.2) is 22.9 Å². The topological polar surface area (TPSA) is 68.3 Å². The molecule has 0 fully saturated rings. The number of aromatic nitrogens is 1. The molecule has 1 aromatic heterocycles. The maximum Gasteiger partial charge on any atom is 0.329 e. The molecule has 0 bridgehead atoms. The smallest absolute Gasteiger partial charge is 0.329 e. The van der Waals surface area contributed by atoms with Crippen LogP contribution in [0.25, 0.3) is 10.2 Å². The summed E-state index contributed by atoms with van der Waals surface area (Å²) < 4.78 is 6.45. The van der Waals surface area contributed by atoms with Crippen molar-refractivity contribution < 1.29 is 14.3 Å². The molecule has 1 N–H and O–H groups in total. The zero-order chi connectivity index (χ0) is 19.4. The van der Waals surface area contributed by atoms with E-state index in [1.54, 1.807) is 24.3 Å². The predicted molar refractivity (Wildman–Crippen MR) is 107 cm³/mol. The fourth-order valence-electron chi connectivity index (χ4n) is 2.57. The van der Waals surface area contributed by atoms with Crippen LogP contribution in [0.4, 0.5) is 0 Å². The second-order valence-electron chi connectivity index (χ2n) is 6.36. The summed E-state index contributed by atoms with van der Waals surface area (Å²) in [6.07, 6.45) is 0. The molecule has 5 nitrogen and oxygen atoms in total. The van der Waals surface area contributed by atoms with Crippen LogP contribution in [0.5, 0.6) is 0 Å². The summed E-state index contributed by atoms with van der Waals surface area (Å²) in [6.45, 7) is 3.76. The monoisotopic (exact) mass is 402 g/mol. The second-order valence-corrected chi connectivity index (χ2v) is 7.88. The highest BCUT2D eigenvalue weighted by molar-refractivity contribution is 7.18. The molecule has 0 saturated heterocycles. The van der Waals surface area contributed by atoms with Crippen molar-refractivity contribution in [2.75, 3.05) is 0 Å². The Hall–Kier alpha value is -2.44. The van der Waals surface area contributed by atoms with E-state index in [-0.39, 0.29) is 12.5 Å². The van der Waals surface area contributed by atoms with Gasteiger partial charge in [0.15, 0.2) is 0 Å². The van der Waals surface area contributed by atoms with Gasteiger partial charge < -0.3 is 10.1 Å². The summed E-state index contributed by atoms with van der Waals surface area (Å²) in [4.78, 5) is 29.4. The number of hydrogen-bond acceptors (Lipinski definition) is 5. The van der Waals surface area contributed by atoms with E-state index in [0.29, 0.717) is 15.6 Å². The minimum atomic E-state index is -0.775. The van der Waals surface area contributed by atoms with Gasteiger partial charge in [0.25, 0.3) is 5.91 Å². The van der Waals surface area contributed by atoms with Gasteiger partial charge in [-0.15, -0.1) is 11.3 Å². The molecular formula is C20H19ClN2O3S. The van der Waals surface area contributed by atoms with Gasteiger partial charge in [-0.25, -0.2) is 9.78 Å². The number of esters is 1. The van der Waals surface area contributed by atoms with E-state index in [9.17, 15) is 9.59 Å². The third-order valence-electron chi connectivity index (χ3n) is 4.00. The molecule has 0 saturated carbocycles. The molecule has 140 valence electrons. The zero-order valence-electron chi connectivity index (χ0n) is 14.9. The van der Waals surface area contributed by atoms with E-state index < -0.39 is 17.9 Å². The Morgan fingerprint density at radius 1 is 1.15 bits per heavy atom. The Morgan fingerprint density at radius 2 is 1.85 bits per heavy atom. The Balaban J connectivity index is 1.66. The molecule has 1 heterocycles. The quantitative estimate of drug-likeness (QED) is 0.618. The summed E-state index contributed by atoms with van der Waals surface area (Å²) in [5, 5.41) is 3.77. The lowest BCUT2D eigenvalue weighted by atomic mass is 10.0. The van der Waals surface area contributed by atoms with Crippen LogP contribution in [0.15, 0.2) is 48.5 Å². The highest BCUT2D eigenvalue weighted by Gasteiger charge is 2.27. The number of fused-ring (bicyclic) bond motifs is 1. The molecule has 1 amide bonds. The second kappa shape index (κ2) is 8.50. The lowest BCUT2D eigenvalue weighted by molar-refractivity contribution is -0.148. The highest BCUT2D eigenvalue weighted by atomic mass is 35.5. The number of nitrogens with zero attached hydrogens (tertiary/aromatic N) is 1. The number of rotatable bonds is 6. The molecule has 7 heteroatoms. The lowest BCUT2D eigenvalue weighted by Gasteiger charge is -2.21. The maximum atomic E-state index is 12.5. The molecule has 0 radical (unpaired) electrons. The molecule has 27 heavy (non-hydrogen) atoms. The van der Waals surface area contributed by atoms with Crippen LogP contribution >= 0.6 is 22.9 Å². The average molecular weight is 403 g/mol. The minimum absolute atomic E-state index is 0.0728. The Bertz CT molecular complexity index is 938.